The number of thiazole rings is 1. The maximum absolute atomic E-state index is 4.76. The normalized spacial score (nSPS) is 11.4. The van der Waals surface area contributed by atoms with Crippen molar-refractivity contribution in [3.8, 4) is 10.8 Å². The molecule has 1 N–H and O–H groups in total. The lowest BCUT2D eigenvalue weighted by molar-refractivity contribution is 0.714. The Morgan fingerprint density at radius 1 is 1.44 bits per heavy atom. The van der Waals surface area contributed by atoms with Gasteiger partial charge in [-0.25, -0.2) is 9.97 Å². The van der Waals surface area contributed by atoms with Crippen LogP contribution in [0, 0.1) is 0 Å². The van der Waals surface area contributed by atoms with E-state index < -0.39 is 0 Å². The summed E-state index contributed by atoms with van der Waals surface area (Å²) in [6, 6.07) is 0. The summed E-state index contributed by atoms with van der Waals surface area (Å²) in [5, 5.41) is 4.39. The largest absolute Gasteiger partial charge is 0.332 e. The first-order valence-electron chi connectivity index (χ1n) is 6.31. The van der Waals surface area contributed by atoms with Gasteiger partial charge in [-0.2, -0.15) is 0 Å². The second-order valence-corrected chi connectivity index (χ2v) is 5.71. The van der Waals surface area contributed by atoms with E-state index in [1.165, 1.54) is 10.6 Å². The molecule has 18 heavy (non-hydrogen) atoms. The summed E-state index contributed by atoms with van der Waals surface area (Å²) in [5.74, 6) is 1.40. The molecule has 0 bridgehead atoms. The fourth-order valence-electron chi connectivity index (χ4n) is 1.85. The van der Waals surface area contributed by atoms with Crippen molar-refractivity contribution in [1.82, 2.24) is 19.9 Å². The van der Waals surface area contributed by atoms with Crippen LogP contribution in [0.15, 0.2) is 12.4 Å². The minimum absolute atomic E-state index is 0.448. The molecule has 0 radical (unpaired) electrons. The molecule has 2 rings (SSSR count). The van der Waals surface area contributed by atoms with Gasteiger partial charge < -0.3 is 9.88 Å². The molecule has 0 spiro atoms. The van der Waals surface area contributed by atoms with Gasteiger partial charge in [0.15, 0.2) is 10.8 Å². The number of hydrogen-bond donors (Lipinski definition) is 1. The van der Waals surface area contributed by atoms with Gasteiger partial charge in [-0.1, -0.05) is 20.8 Å². The molecular formula is C13H20N4S. The van der Waals surface area contributed by atoms with Crippen LogP contribution < -0.4 is 5.32 Å². The second-order valence-electron chi connectivity index (χ2n) is 4.62. The molecule has 0 atom stereocenters. The third kappa shape index (κ3) is 2.62. The Morgan fingerprint density at radius 3 is 2.78 bits per heavy atom. The van der Waals surface area contributed by atoms with Crippen molar-refractivity contribution >= 4 is 11.3 Å². The Balaban J connectivity index is 2.36. The molecule has 0 saturated carbocycles. The Labute approximate surface area is 112 Å². The van der Waals surface area contributed by atoms with E-state index >= 15 is 0 Å². The monoisotopic (exact) mass is 264 g/mol. The van der Waals surface area contributed by atoms with Gasteiger partial charge >= 0.3 is 0 Å². The zero-order chi connectivity index (χ0) is 13.1. The van der Waals surface area contributed by atoms with E-state index in [9.17, 15) is 0 Å². The molecule has 2 aromatic rings. The van der Waals surface area contributed by atoms with Crippen LogP contribution in [-0.4, -0.2) is 21.1 Å². The van der Waals surface area contributed by atoms with Crippen molar-refractivity contribution in [2.24, 2.45) is 7.05 Å². The molecule has 0 aliphatic carbocycles. The van der Waals surface area contributed by atoms with Gasteiger partial charge in [-0.15, -0.1) is 11.3 Å². The predicted molar refractivity (Wildman–Crippen MR) is 75.8 cm³/mol. The van der Waals surface area contributed by atoms with Crippen LogP contribution in [0.4, 0.5) is 0 Å². The van der Waals surface area contributed by atoms with Gasteiger partial charge in [-0.3, -0.25) is 0 Å². The minimum atomic E-state index is 0.448. The fourth-order valence-corrected chi connectivity index (χ4v) is 3.07. The van der Waals surface area contributed by atoms with Crippen LogP contribution >= 0.6 is 11.3 Å². The van der Waals surface area contributed by atoms with E-state index in [2.05, 4.69) is 31.1 Å². The summed E-state index contributed by atoms with van der Waals surface area (Å²) in [7, 11) is 2.00. The van der Waals surface area contributed by atoms with Gasteiger partial charge in [0, 0.05) is 30.9 Å². The quantitative estimate of drug-likeness (QED) is 0.903. The smallest absolute Gasteiger partial charge is 0.168 e. The van der Waals surface area contributed by atoms with Crippen LogP contribution in [-0.2, 0) is 13.6 Å². The van der Waals surface area contributed by atoms with E-state index in [0.29, 0.717) is 5.92 Å². The second kappa shape index (κ2) is 5.63. The summed E-state index contributed by atoms with van der Waals surface area (Å²) in [6.07, 6.45) is 3.77. The van der Waals surface area contributed by atoms with Crippen LogP contribution in [0.1, 0.15) is 37.3 Å². The first-order chi connectivity index (χ1) is 8.63. The molecule has 5 heteroatoms. The third-order valence-electron chi connectivity index (χ3n) is 2.82. The Kier molecular flexibility index (Phi) is 4.14. The number of nitrogens with one attached hydrogen (secondary N) is 1. The van der Waals surface area contributed by atoms with Crippen LogP contribution in [0.2, 0.25) is 0 Å². The predicted octanol–water partition coefficient (Wildman–Crippen LogP) is 2.78. The molecule has 2 heterocycles. The highest BCUT2D eigenvalue weighted by molar-refractivity contribution is 7.15. The lowest BCUT2D eigenvalue weighted by atomic mass is 10.1. The average Bonchev–Trinajstić information content (AvgIpc) is 2.92. The van der Waals surface area contributed by atoms with Gasteiger partial charge in [0.2, 0.25) is 0 Å². The van der Waals surface area contributed by atoms with Crippen LogP contribution in [0.5, 0.6) is 0 Å². The zero-order valence-electron chi connectivity index (χ0n) is 11.4. The molecule has 0 saturated heterocycles. The van der Waals surface area contributed by atoms with Crippen molar-refractivity contribution in [2.75, 3.05) is 6.54 Å². The Morgan fingerprint density at radius 2 is 2.22 bits per heavy atom. The lowest BCUT2D eigenvalue weighted by Crippen LogP contribution is -2.12. The SMILES string of the molecule is CCNCc1sc(-c2nccn2C)nc1C(C)C. The highest BCUT2D eigenvalue weighted by Gasteiger charge is 2.16. The molecule has 0 aliphatic rings. The van der Waals surface area contributed by atoms with Crippen molar-refractivity contribution in [3.05, 3.63) is 23.0 Å². The minimum Gasteiger partial charge on any atom is -0.332 e. The van der Waals surface area contributed by atoms with Gasteiger partial charge in [0.25, 0.3) is 0 Å². The number of rotatable bonds is 5. The number of aryl methyl sites for hydroxylation is 1. The van der Waals surface area contributed by atoms with Crippen molar-refractivity contribution in [1.29, 1.82) is 0 Å². The first-order valence-corrected chi connectivity index (χ1v) is 7.13. The topological polar surface area (TPSA) is 42.7 Å². The maximum Gasteiger partial charge on any atom is 0.168 e. The van der Waals surface area contributed by atoms with E-state index in [1.54, 1.807) is 11.3 Å². The molecule has 4 nitrogen and oxygen atoms in total. The van der Waals surface area contributed by atoms with Gasteiger partial charge in [0.05, 0.1) is 5.69 Å². The number of nitrogens with zero attached hydrogens (tertiary/aromatic N) is 3. The third-order valence-corrected chi connectivity index (χ3v) is 3.89. The van der Waals surface area contributed by atoms with Gasteiger partial charge in [-0.05, 0) is 12.5 Å². The van der Waals surface area contributed by atoms with E-state index in [-0.39, 0.29) is 0 Å². The van der Waals surface area contributed by atoms with Crippen molar-refractivity contribution in [2.45, 2.75) is 33.2 Å². The molecule has 98 valence electrons. The highest BCUT2D eigenvalue weighted by Crippen LogP contribution is 2.30. The number of aromatic nitrogens is 3. The Hall–Kier alpha value is -1.20. The van der Waals surface area contributed by atoms with Crippen LogP contribution in [0.3, 0.4) is 0 Å². The average molecular weight is 264 g/mol. The van der Waals surface area contributed by atoms with E-state index in [4.69, 9.17) is 4.98 Å². The molecular weight excluding hydrogens is 244 g/mol. The van der Waals surface area contributed by atoms with Crippen molar-refractivity contribution in [3.63, 3.8) is 0 Å². The highest BCUT2D eigenvalue weighted by atomic mass is 32.1. The summed E-state index contributed by atoms with van der Waals surface area (Å²) in [6.45, 7) is 8.37. The molecule has 0 unspecified atom stereocenters. The standard InChI is InChI=1S/C13H20N4S/c1-5-14-8-10-11(9(2)3)16-13(18-10)12-15-6-7-17(12)4/h6-7,9,14H,5,8H2,1-4H3. The number of imidazole rings is 1. The fraction of sp³-hybridized carbons (Fsp3) is 0.538. The van der Waals surface area contributed by atoms with Crippen LogP contribution in [0.25, 0.3) is 10.8 Å². The molecule has 0 amide bonds. The lowest BCUT2D eigenvalue weighted by Gasteiger charge is -2.04. The summed E-state index contributed by atoms with van der Waals surface area (Å²) < 4.78 is 2.01. The van der Waals surface area contributed by atoms with Gasteiger partial charge in [0.1, 0.15) is 0 Å². The Bertz CT molecular complexity index is 513. The molecule has 0 aromatic carbocycles. The summed E-state index contributed by atoms with van der Waals surface area (Å²) in [5.41, 5.74) is 1.19. The van der Waals surface area contributed by atoms with E-state index in [1.807, 2.05) is 24.0 Å². The summed E-state index contributed by atoms with van der Waals surface area (Å²) in [4.78, 5) is 10.5. The number of hydrogen-bond acceptors (Lipinski definition) is 4. The first kappa shape index (κ1) is 13.2. The zero-order valence-corrected chi connectivity index (χ0v) is 12.2. The molecule has 0 aliphatic heterocycles. The summed E-state index contributed by atoms with van der Waals surface area (Å²) >= 11 is 1.74. The van der Waals surface area contributed by atoms with Crippen molar-refractivity contribution < 1.29 is 0 Å². The molecule has 2 aromatic heterocycles. The van der Waals surface area contributed by atoms with E-state index in [0.717, 1.165) is 23.9 Å². The molecule has 0 fully saturated rings. The maximum atomic E-state index is 4.76.